The Morgan fingerprint density at radius 2 is 2.56 bits per heavy atom. The van der Waals surface area contributed by atoms with Crippen molar-refractivity contribution >= 4 is 18.0 Å². The largest absolute Gasteiger partial charge is 0.338 e. The molecule has 2 rings (SSSR count). The summed E-state index contributed by atoms with van der Waals surface area (Å²) >= 11 is 1.81. The third kappa shape index (κ3) is 0.678. The van der Waals surface area contributed by atoms with E-state index in [0.717, 1.165) is 0 Å². The fraction of sp³-hybridized carbons (Fsp3) is 0.500. The van der Waals surface area contributed by atoms with Crippen molar-refractivity contribution in [1.29, 1.82) is 0 Å². The SMILES string of the molecule is CC1N=CC2SC=CN12. The van der Waals surface area contributed by atoms with E-state index in [1.807, 2.05) is 18.0 Å². The van der Waals surface area contributed by atoms with Gasteiger partial charge in [0.1, 0.15) is 11.5 Å². The summed E-state index contributed by atoms with van der Waals surface area (Å²) in [6.45, 7) is 2.10. The van der Waals surface area contributed by atoms with Gasteiger partial charge in [0.15, 0.2) is 0 Å². The quantitative estimate of drug-likeness (QED) is 0.503. The fourth-order valence-corrected chi connectivity index (χ4v) is 1.96. The van der Waals surface area contributed by atoms with Gasteiger partial charge < -0.3 is 4.90 Å². The van der Waals surface area contributed by atoms with Crippen molar-refractivity contribution in [3.63, 3.8) is 0 Å². The van der Waals surface area contributed by atoms with Crippen LogP contribution in [0.1, 0.15) is 6.92 Å². The third-order valence-corrected chi connectivity index (χ3v) is 2.53. The number of thioether (sulfide) groups is 1. The van der Waals surface area contributed by atoms with Crippen LogP contribution in [0.15, 0.2) is 16.6 Å². The summed E-state index contributed by atoms with van der Waals surface area (Å²) in [5, 5.41) is 2.62. The van der Waals surface area contributed by atoms with Crippen LogP contribution in [0.25, 0.3) is 0 Å². The minimum absolute atomic E-state index is 0.362. The summed E-state index contributed by atoms with van der Waals surface area (Å²) in [4.78, 5) is 6.49. The van der Waals surface area contributed by atoms with Crippen LogP contribution in [0.3, 0.4) is 0 Å². The Bertz CT molecular complexity index is 176. The predicted octanol–water partition coefficient (Wildman–Crippen LogP) is 1.26. The molecule has 2 atom stereocenters. The summed E-state index contributed by atoms with van der Waals surface area (Å²) in [6, 6.07) is 0. The molecule has 0 amide bonds. The Hall–Kier alpha value is -0.440. The molecule has 0 spiro atoms. The maximum Gasteiger partial charge on any atom is 0.118 e. The van der Waals surface area contributed by atoms with E-state index in [1.165, 1.54) is 0 Å². The zero-order valence-corrected chi connectivity index (χ0v) is 6.01. The van der Waals surface area contributed by atoms with Crippen molar-refractivity contribution in [3.8, 4) is 0 Å². The molecule has 2 nitrogen and oxygen atoms in total. The van der Waals surface area contributed by atoms with E-state index in [4.69, 9.17) is 0 Å². The van der Waals surface area contributed by atoms with Gasteiger partial charge in [0.05, 0.1) is 0 Å². The van der Waals surface area contributed by atoms with Crippen LogP contribution in [0.5, 0.6) is 0 Å². The average molecular weight is 140 g/mol. The van der Waals surface area contributed by atoms with Crippen molar-refractivity contribution < 1.29 is 0 Å². The third-order valence-electron chi connectivity index (χ3n) is 1.61. The molecule has 2 aliphatic heterocycles. The van der Waals surface area contributed by atoms with Gasteiger partial charge in [0, 0.05) is 12.4 Å². The molecule has 0 aromatic carbocycles. The van der Waals surface area contributed by atoms with Gasteiger partial charge in [-0.2, -0.15) is 0 Å². The van der Waals surface area contributed by atoms with E-state index in [9.17, 15) is 0 Å². The molecule has 2 aliphatic rings. The molecule has 0 aliphatic carbocycles. The summed E-state index contributed by atoms with van der Waals surface area (Å²) in [6.07, 6.45) is 4.48. The second-order valence-corrected chi connectivity index (χ2v) is 3.22. The Labute approximate surface area is 58.6 Å². The molecule has 0 saturated carbocycles. The lowest BCUT2D eigenvalue weighted by molar-refractivity contribution is 0.356. The van der Waals surface area contributed by atoms with E-state index in [2.05, 4.69) is 28.4 Å². The molecule has 0 radical (unpaired) electrons. The molecule has 0 aromatic heterocycles. The van der Waals surface area contributed by atoms with Crippen molar-refractivity contribution in [1.82, 2.24) is 4.90 Å². The van der Waals surface area contributed by atoms with Gasteiger partial charge in [-0.25, -0.2) is 0 Å². The van der Waals surface area contributed by atoms with Crippen molar-refractivity contribution in [3.05, 3.63) is 11.6 Å². The molecule has 48 valence electrons. The maximum atomic E-state index is 4.25. The lowest BCUT2D eigenvalue weighted by Gasteiger charge is -2.17. The molecule has 3 heteroatoms. The van der Waals surface area contributed by atoms with E-state index in [0.29, 0.717) is 11.5 Å². The smallest absolute Gasteiger partial charge is 0.118 e. The Kier molecular flexibility index (Phi) is 1.05. The molecule has 0 saturated heterocycles. The van der Waals surface area contributed by atoms with E-state index >= 15 is 0 Å². The normalized spacial score (nSPS) is 38.1. The van der Waals surface area contributed by atoms with Crippen LogP contribution in [0.4, 0.5) is 0 Å². The number of fused-ring (bicyclic) bond motifs is 1. The first-order chi connectivity index (χ1) is 4.38. The second kappa shape index (κ2) is 1.77. The first-order valence-corrected chi connectivity index (χ1v) is 3.95. The highest BCUT2D eigenvalue weighted by Gasteiger charge is 2.26. The van der Waals surface area contributed by atoms with Gasteiger partial charge in [-0.05, 0) is 12.3 Å². The van der Waals surface area contributed by atoms with Crippen LogP contribution in [-0.2, 0) is 0 Å². The van der Waals surface area contributed by atoms with E-state index < -0.39 is 0 Å². The van der Waals surface area contributed by atoms with Crippen molar-refractivity contribution in [2.24, 2.45) is 4.99 Å². The molecule has 0 aromatic rings. The van der Waals surface area contributed by atoms with Crippen LogP contribution in [-0.4, -0.2) is 22.7 Å². The Morgan fingerprint density at radius 1 is 1.67 bits per heavy atom. The van der Waals surface area contributed by atoms with Gasteiger partial charge >= 0.3 is 0 Å². The highest BCUT2D eigenvalue weighted by atomic mass is 32.2. The lowest BCUT2D eigenvalue weighted by atomic mass is 10.5. The second-order valence-electron chi connectivity index (χ2n) is 2.19. The summed E-state index contributed by atoms with van der Waals surface area (Å²) in [5.41, 5.74) is 0. The summed E-state index contributed by atoms with van der Waals surface area (Å²) in [7, 11) is 0. The summed E-state index contributed by atoms with van der Waals surface area (Å²) in [5.74, 6) is 0. The predicted molar refractivity (Wildman–Crippen MR) is 40.3 cm³/mol. The van der Waals surface area contributed by atoms with Gasteiger partial charge in [0.25, 0.3) is 0 Å². The molecule has 0 bridgehead atoms. The number of hydrogen-bond donors (Lipinski definition) is 0. The fourth-order valence-electron chi connectivity index (χ4n) is 1.07. The van der Waals surface area contributed by atoms with Gasteiger partial charge in [-0.1, -0.05) is 0 Å². The van der Waals surface area contributed by atoms with Crippen LogP contribution in [0.2, 0.25) is 0 Å². The summed E-state index contributed by atoms with van der Waals surface area (Å²) < 4.78 is 0. The molecular weight excluding hydrogens is 132 g/mol. The molecule has 2 unspecified atom stereocenters. The van der Waals surface area contributed by atoms with Crippen LogP contribution < -0.4 is 0 Å². The lowest BCUT2D eigenvalue weighted by Crippen LogP contribution is -2.25. The zero-order chi connectivity index (χ0) is 6.27. The average Bonchev–Trinajstić information content (AvgIpc) is 2.35. The number of rotatable bonds is 0. The highest BCUT2D eigenvalue weighted by Crippen LogP contribution is 2.29. The zero-order valence-electron chi connectivity index (χ0n) is 5.19. The molecule has 0 N–H and O–H groups in total. The number of aliphatic imine (C=N–C) groups is 1. The van der Waals surface area contributed by atoms with Crippen LogP contribution >= 0.6 is 11.8 Å². The standard InChI is InChI=1S/C6H8N2S/c1-5-7-4-6-8(5)2-3-9-6/h2-6H,1H3. The van der Waals surface area contributed by atoms with Gasteiger partial charge in [0.2, 0.25) is 0 Å². The minimum Gasteiger partial charge on any atom is -0.338 e. The van der Waals surface area contributed by atoms with Crippen molar-refractivity contribution in [2.75, 3.05) is 0 Å². The molecular formula is C6H8N2S. The minimum atomic E-state index is 0.362. The Balaban J connectivity index is 2.22. The van der Waals surface area contributed by atoms with Gasteiger partial charge in [-0.15, -0.1) is 11.8 Å². The van der Waals surface area contributed by atoms with E-state index in [1.54, 1.807) is 0 Å². The van der Waals surface area contributed by atoms with Gasteiger partial charge in [-0.3, -0.25) is 4.99 Å². The number of nitrogens with zero attached hydrogens (tertiary/aromatic N) is 2. The monoisotopic (exact) mass is 140 g/mol. The van der Waals surface area contributed by atoms with Crippen LogP contribution in [0, 0.1) is 0 Å². The molecule has 0 fully saturated rings. The van der Waals surface area contributed by atoms with Crippen molar-refractivity contribution in [2.45, 2.75) is 18.5 Å². The molecule has 2 heterocycles. The van der Waals surface area contributed by atoms with E-state index in [-0.39, 0.29) is 0 Å². The maximum absolute atomic E-state index is 4.25. The Morgan fingerprint density at radius 3 is 3.33 bits per heavy atom. The first-order valence-electron chi connectivity index (χ1n) is 3.01. The molecule has 9 heavy (non-hydrogen) atoms. The topological polar surface area (TPSA) is 15.6 Å². The first kappa shape index (κ1) is 5.35. The number of hydrogen-bond acceptors (Lipinski definition) is 3. The highest BCUT2D eigenvalue weighted by molar-refractivity contribution is 8.03.